The Kier molecular flexibility index (Phi) is 5.44. The lowest BCUT2D eigenvalue weighted by atomic mass is 10.2. The lowest BCUT2D eigenvalue weighted by molar-refractivity contribution is 0.373. The summed E-state index contributed by atoms with van der Waals surface area (Å²) in [6, 6.07) is 5.27. The van der Waals surface area contributed by atoms with Gasteiger partial charge in [-0.3, -0.25) is 0 Å². The molecule has 13 heavy (non-hydrogen) atoms. The molecule has 1 N–H and O–H groups in total. The summed E-state index contributed by atoms with van der Waals surface area (Å²) in [6.07, 6.45) is 1.58. The molecule has 0 bridgehead atoms. The number of hydrogen-bond acceptors (Lipinski definition) is 2. The summed E-state index contributed by atoms with van der Waals surface area (Å²) in [5.74, 6) is 0.618. The highest BCUT2D eigenvalue weighted by Gasteiger charge is 2.02. The third kappa shape index (κ3) is 2.82. The maximum atomic E-state index is 9.39. The Hall–Kier alpha value is -1.44. The van der Waals surface area contributed by atoms with E-state index in [2.05, 4.69) is 6.58 Å². The van der Waals surface area contributed by atoms with Crippen molar-refractivity contribution in [1.82, 2.24) is 0 Å². The second-order valence-corrected chi connectivity index (χ2v) is 2.10. The molecule has 0 atom stereocenters. The van der Waals surface area contributed by atoms with Gasteiger partial charge in [-0.1, -0.05) is 38.6 Å². The fourth-order valence-corrected chi connectivity index (χ4v) is 0.869. The first-order valence-electron chi connectivity index (χ1n) is 4.28. The Bertz CT molecular complexity index is 267. The number of hydrogen-bond donors (Lipinski definition) is 1. The summed E-state index contributed by atoms with van der Waals surface area (Å²) in [4.78, 5) is 0. The van der Waals surface area contributed by atoms with Gasteiger partial charge in [0.15, 0.2) is 11.5 Å². The van der Waals surface area contributed by atoms with E-state index in [4.69, 9.17) is 4.74 Å². The monoisotopic (exact) mass is 180 g/mol. The minimum absolute atomic E-state index is 0.144. The first-order valence-corrected chi connectivity index (χ1v) is 4.28. The Labute approximate surface area is 79.5 Å². The molecule has 0 saturated carbocycles. The van der Waals surface area contributed by atoms with Crippen molar-refractivity contribution in [3.8, 4) is 11.5 Å². The van der Waals surface area contributed by atoms with Gasteiger partial charge in [0, 0.05) is 5.56 Å². The molecular formula is C11H16O2. The molecule has 0 spiro atoms. The minimum Gasteiger partial charge on any atom is -0.504 e. The van der Waals surface area contributed by atoms with E-state index in [1.165, 1.54) is 7.11 Å². The topological polar surface area (TPSA) is 29.5 Å². The maximum absolute atomic E-state index is 9.39. The van der Waals surface area contributed by atoms with Gasteiger partial charge in [-0.15, -0.1) is 0 Å². The molecule has 1 aromatic rings. The molecule has 72 valence electrons. The molecule has 0 fully saturated rings. The molecule has 0 aliphatic carbocycles. The normalized spacial score (nSPS) is 8.23. The van der Waals surface area contributed by atoms with Crippen LogP contribution in [0.25, 0.3) is 6.08 Å². The van der Waals surface area contributed by atoms with E-state index in [9.17, 15) is 5.11 Å². The van der Waals surface area contributed by atoms with Gasteiger partial charge < -0.3 is 9.84 Å². The van der Waals surface area contributed by atoms with Crippen LogP contribution in [0.4, 0.5) is 0 Å². The van der Waals surface area contributed by atoms with Gasteiger partial charge >= 0.3 is 0 Å². The van der Waals surface area contributed by atoms with Crippen molar-refractivity contribution in [2.75, 3.05) is 7.11 Å². The van der Waals surface area contributed by atoms with Gasteiger partial charge in [0.25, 0.3) is 0 Å². The van der Waals surface area contributed by atoms with Crippen molar-refractivity contribution in [2.24, 2.45) is 0 Å². The van der Waals surface area contributed by atoms with Crippen molar-refractivity contribution in [2.45, 2.75) is 13.8 Å². The van der Waals surface area contributed by atoms with Crippen LogP contribution in [0.2, 0.25) is 0 Å². The van der Waals surface area contributed by atoms with Crippen LogP contribution in [0.5, 0.6) is 11.5 Å². The second kappa shape index (κ2) is 6.12. The number of methoxy groups -OCH3 is 1. The Morgan fingerprint density at radius 2 is 2.00 bits per heavy atom. The number of ether oxygens (including phenoxy) is 1. The van der Waals surface area contributed by atoms with Crippen LogP contribution in [0.15, 0.2) is 24.8 Å². The summed E-state index contributed by atoms with van der Waals surface area (Å²) >= 11 is 0. The summed E-state index contributed by atoms with van der Waals surface area (Å²) < 4.78 is 4.89. The molecule has 0 amide bonds. The molecule has 0 aliphatic rings. The third-order valence-electron chi connectivity index (χ3n) is 1.47. The lowest BCUT2D eigenvalue weighted by Crippen LogP contribution is -1.84. The number of phenolic OH excluding ortho intramolecular Hbond substituents is 1. The predicted molar refractivity (Wildman–Crippen MR) is 56.1 cm³/mol. The molecule has 2 heteroatoms. The Morgan fingerprint density at radius 3 is 2.46 bits per heavy atom. The molecule has 1 aromatic carbocycles. The van der Waals surface area contributed by atoms with Crippen LogP contribution < -0.4 is 4.74 Å². The lowest BCUT2D eigenvalue weighted by Gasteiger charge is -2.04. The highest BCUT2D eigenvalue weighted by molar-refractivity contribution is 5.60. The average molecular weight is 180 g/mol. The van der Waals surface area contributed by atoms with E-state index in [0.29, 0.717) is 11.3 Å². The highest BCUT2D eigenvalue weighted by atomic mass is 16.5. The van der Waals surface area contributed by atoms with Crippen molar-refractivity contribution in [3.63, 3.8) is 0 Å². The Balaban J connectivity index is 0.000000671. The van der Waals surface area contributed by atoms with Gasteiger partial charge in [0.2, 0.25) is 0 Å². The first-order chi connectivity index (χ1) is 6.29. The van der Waals surface area contributed by atoms with E-state index >= 15 is 0 Å². The molecule has 0 radical (unpaired) electrons. The smallest absolute Gasteiger partial charge is 0.165 e. The molecule has 2 nitrogen and oxygen atoms in total. The van der Waals surface area contributed by atoms with Crippen LogP contribution in [0, 0.1) is 0 Å². The largest absolute Gasteiger partial charge is 0.504 e. The minimum atomic E-state index is 0.144. The summed E-state index contributed by atoms with van der Waals surface area (Å²) in [5, 5.41) is 9.39. The van der Waals surface area contributed by atoms with E-state index < -0.39 is 0 Å². The van der Waals surface area contributed by atoms with Crippen molar-refractivity contribution in [3.05, 3.63) is 30.3 Å². The third-order valence-corrected chi connectivity index (χ3v) is 1.47. The average Bonchev–Trinajstić information content (AvgIpc) is 2.21. The number of aromatic hydroxyl groups is 1. The fourth-order valence-electron chi connectivity index (χ4n) is 0.869. The summed E-state index contributed by atoms with van der Waals surface area (Å²) in [6.45, 7) is 7.55. The van der Waals surface area contributed by atoms with Gasteiger partial charge in [-0.05, 0) is 6.07 Å². The van der Waals surface area contributed by atoms with Crippen molar-refractivity contribution >= 4 is 6.08 Å². The number of para-hydroxylation sites is 1. The fraction of sp³-hybridized carbons (Fsp3) is 0.273. The van der Waals surface area contributed by atoms with Crippen LogP contribution in [-0.4, -0.2) is 12.2 Å². The molecule has 0 aromatic heterocycles. The van der Waals surface area contributed by atoms with Crippen LogP contribution in [0.3, 0.4) is 0 Å². The van der Waals surface area contributed by atoms with Crippen molar-refractivity contribution < 1.29 is 9.84 Å². The van der Waals surface area contributed by atoms with Gasteiger partial charge in [0.1, 0.15) is 0 Å². The SMILES string of the molecule is C=Cc1cccc(OC)c1O.CC. The molecule has 0 heterocycles. The van der Waals surface area contributed by atoms with Crippen LogP contribution in [-0.2, 0) is 0 Å². The van der Waals surface area contributed by atoms with Crippen LogP contribution in [0.1, 0.15) is 19.4 Å². The first kappa shape index (κ1) is 11.6. The Morgan fingerprint density at radius 1 is 1.38 bits per heavy atom. The van der Waals surface area contributed by atoms with E-state index in [1.54, 1.807) is 24.3 Å². The summed E-state index contributed by atoms with van der Waals surface area (Å²) in [5.41, 5.74) is 0.685. The zero-order valence-electron chi connectivity index (χ0n) is 8.37. The number of rotatable bonds is 2. The summed E-state index contributed by atoms with van der Waals surface area (Å²) in [7, 11) is 1.52. The number of phenols is 1. The molecular weight excluding hydrogens is 164 g/mol. The zero-order valence-corrected chi connectivity index (χ0v) is 8.37. The van der Waals surface area contributed by atoms with Crippen LogP contribution >= 0.6 is 0 Å². The van der Waals surface area contributed by atoms with Crippen molar-refractivity contribution in [1.29, 1.82) is 0 Å². The van der Waals surface area contributed by atoms with E-state index in [0.717, 1.165) is 0 Å². The standard InChI is InChI=1S/C9H10O2.C2H6/c1-3-7-5-4-6-8(11-2)9(7)10;1-2/h3-6,10H,1H2,2H3;1-2H3. The number of benzene rings is 1. The molecule has 0 saturated heterocycles. The molecule has 1 rings (SSSR count). The maximum Gasteiger partial charge on any atom is 0.165 e. The van der Waals surface area contributed by atoms with Gasteiger partial charge in [0.05, 0.1) is 7.11 Å². The zero-order chi connectivity index (χ0) is 10.3. The quantitative estimate of drug-likeness (QED) is 0.757. The highest BCUT2D eigenvalue weighted by Crippen LogP contribution is 2.29. The van der Waals surface area contributed by atoms with Gasteiger partial charge in [-0.25, -0.2) is 0 Å². The van der Waals surface area contributed by atoms with Gasteiger partial charge in [-0.2, -0.15) is 0 Å². The van der Waals surface area contributed by atoms with E-state index in [-0.39, 0.29) is 5.75 Å². The second-order valence-electron chi connectivity index (χ2n) is 2.10. The van der Waals surface area contributed by atoms with E-state index in [1.807, 2.05) is 13.8 Å². The molecule has 0 aliphatic heterocycles. The predicted octanol–water partition coefficient (Wildman–Crippen LogP) is 3.07. The molecule has 0 unspecified atom stereocenters.